The fourth-order valence-corrected chi connectivity index (χ4v) is 0.646. The largest absolute Gasteiger partial charge is 0.393 e. The van der Waals surface area contributed by atoms with E-state index in [1.54, 1.807) is 6.92 Å². The van der Waals surface area contributed by atoms with Crippen LogP contribution in [0.3, 0.4) is 0 Å². The second-order valence-electron chi connectivity index (χ2n) is 2.38. The van der Waals surface area contributed by atoms with Gasteiger partial charge in [-0.05, 0) is 6.92 Å². The summed E-state index contributed by atoms with van der Waals surface area (Å²) < 4.78 is 0. The summed E-state index contributed by atoms with van der Waals surface area (Å²) >= 11 is 0. The van der Waals surface area contributed by atoms with Crippen molar-refractivity contribution < 1.29 is 15.3 Å². The maximum atomic E-state index is 9.01. The molecule has 3 heteroatoms. The number of hydrogen-bond acceptors (Lipinski definition) is 3. The van der Waals surface area contributed by atoms with Crippen LogP contribution in [-0.2, 0) is 0 Å². The van der Waals surface area contributed by atoms with Crippen molar-refractivity contribution in [1.82, 2.24) is 0 Å². The summed E-state index contributed by atoms with van der Waals surface area (Å²) in [6, 6.07) is 0. The first-order valence-electron chi connectivity index (χ1n) is 3.24. The van der Waals surface area contributed by atoms with Crippen LogP contribution in [0.2, 0.25) is 0 Å². The van der Waals surface area contributed by atoms with Crippen molar-refractivity contribution in [3.05, 3.63) is 12.7 Å². The SMILES string of the molecule is C=C[C@@H](O)[C@@H](O)C[C@@H](C)O. The van der Waals surface area contributed by atoms with Crippen LogP contribution >= 0.6 is 0 Å². The smallest absolute Gasteiger partial charge is 0.0978 e. The Labute approximate surface area is 60.6 Å². The molecule has 0 aliphatic rings. The lowest BCUT2D eigenvalue weighted by atomic mass is 10.1. The topological polar surface area (TPSA) is 60.7 Å². The molecule has 10 heavy (non-hydrogen) atoms. The summed E-state index contributed by atoms with van der Waals surface area (Å²) in [6.45, 7) is 4.85. The second kappa shape index (κ2) is 4.44. The summed E-state index contributed by atoms with van der Waals surface area (Å²) in [5.74, 6) is 0. The molecule has 0 saturated carbocycles. The first kappa shape index (κ1) is 9.62. The van der Waals surface area contributed by atoms with E-state index in [1.165, 1.54) is 6.08 Å². The molecule has 0 rings (SSSR count). The quantitative estimate of drug-likeness (QED) is 0.476. The van der Waals surface area contributed by atoms with Gasteiger partial charge in [-0.2, -0.15) is 0 Å². The highest BCUT2D eigenvalue weighted by molar-refractivity contribution is 4.84. The van der Waals surface area contributed by atoms with Crippen molar-refractivity contribution in [1.29, 1.82) is 0 Å². The molecule has 0 saturated heterocycles. The summed E-state index contributed by atoms with van der Waals surface area (Å²) in [7, 11) is 0. The Bertz CT molecular complexity index is 101. The van der Waals surface area contributed by atoms with E-state index < -0.39 is 18.3 Å². The van der Waals surface area contributed by atoms with Crippen LogP contribution in [0.4, 0.5) is 0 Å². The molecule has 0 aliphatic carbocycles. The molecular formula is C7H14O3. The molecule has 3 nitrogen and oxygen atoms in total. The zero-order chi connectivity index (χ0) is 8.15. The average molecular weight is 146 g/mol. The van der Waals surface area contributed by atoms with Crippen molar-refractivity contribution >= 4 is 0 Å². The summed E-state index contributed by atoms with van der Waals surface area (Å²) in [5, 5.41) is 26.7. The average Bonchev–Trinajstić information content (AvgIpc) is 1.85. The van der Waals surface area contributed by atoms with Crippen molar-refractivity contribution in [2.45, 2.75) is 31.7 Å². The normalized spacial score (nSPS) is 19.6. The molecule has 0 aromatic heterocycles. The van der Waals surface area contributed by atoms with Gasteiger partial charge in [-0.1, -0.05) is 6.08 Å². The fourth-order valence-electron chi connectivity index (χ4n) is 0.646. The second-order valence-corrected chi connectivity index (χ2v) is 2.38. The van der Waals surface area contributed by atoms with Crippen LogP contribution in [0.5, 0.6) is 0 Å². The molecule has 0 aromatic carbocycles. The van der Waals surface area contributed by atoms with Crippen LogP contribution in [0.1, 0.15) is 13.3 Å². The van der Waals surface area contributed by atoms with Gasteiger partial charge in [0.1, 0.15) is 0 Å². The van der Waals surface area contributed by atoms with Gasteiger partial charge in [0.05, 0.1) is 18.3 Å². The Balaban J connectivity index is 3.60. The highest BCUT2D eigenvalue weighted by Gasteiger charge is 2.14. The maximum absolute atomic E-state index is 9.01. The van der Waals surface area contributed by atoms with E-state index in [2.05, 4.69) is 6.58 Å². The van der Waals surface area contributed by atoms with E-state index in [0.717, 1.165) is 0 Å². The Kier molecular flexibility index (Phi) is 4.27. The Morgan fingerprint density at radius 1 is 1.40 bits per heavy atom. The molecule has 0 amide bonds. The Morgan fingerprint density at radius 2 is 1.90 bits per heavy atom. The molecule has 0 spiro atoms. The van der Waals surface area contributed by atoms with Crippen LogP contribution in [-0.4, -0.2) is 33.6 Å². The maximum Gasteiger partial charge on any atom is 0.0978 e. The number of aliphatic hydroxyl groups excluding tert-OH is 3. The van der Waals surface area contributed by atoms with E-state index in [4.69, 9.17) is 15.3 Å². The van der Waals surface area contributed by atoms with Crippen LogP contribution in [0.25, 0.3) is 0 Å². The van der Waals surface area contributed by atoms with Gasteiger partial charge in [-0.3, -0.25) is 0 Å². The first-order valence-corrected chi connectivity index (χ1v) is 3.24. The highest BCUT2D eigenvalue weighted by atomic mass is 16.3. The number of aliphatic hydroxyl groups is 3. The first-order chi connectivity index (χ1) is 4.57. The lowest BCUT2D eigenvalue weighted by molar-refractivity contribution is 0.0144. The minimum Gasteiger partial charge on any atom is -0.393 e. The zero-order valence-electron chi connectivity index (χ0n) is 6.07. The third-order valence-electron chi connectivity index (χ3n) is 1.22. The van der Waals surface area contributed by atoms with Gasteiger partial charge in [0, 0.05) is 6.42 Å². The van der Waals surface area contributed by atoms with Crippen LogP contribution < -0.4 is 0 Å². The predicted octanol–water partition coefficient (Wildman–Crippen LogP) is -0.335. The fraction of sp³-hybridized carbons (Fsp3) is 0.714. The number of hydrogen-bond donors (Lipinski definition) is 3. The monoisotopic (exact) mass is 146 g/mol. The Morgan fingerprint density at radius 3 is 2.20 bits per heavy atom. The van der Waals surface area contributed by atoms with Gasteiger partial charge >= 0.3 is 0 Å². The van der Waals surface area contributed by atoms with Gasteiger partial charge < -0.3 is 15.3 Å². The zero-order valence-corrected chi connectivity index (χ0v) is 6.07. The van der Waals surface area contributed by atoms with E-state index in [1.807, 2.05) is 0 Å². The molecule has 0 radical (unpaired) electrons. The van der Waals surface area contributed by atoms with Crippen molar-refractivity contribution in [3.8, 4) is 0 Å². The summed E-state index contributed by atoms with van der Waals surface area (Å²) in [5.41, 5.74) is 0. The van der Waals surface area contributed by atoms with Crippen LogP contribution in [0.15, 0.2) is 12.7 Å². The molecule has 60 valence electrons. The van der Waals surface area contributed by atoms with Crippen molar-refractivity contribution in [2.24, 2.45) is 0 Å². The van der Waals surface area contributed by atoms with Gasteiger partial charge in [0.15, 0.2) is 0 Å². The van der Waals surface area contributed by atoms with Gasteiger partial charge in [-0.15, -0.1) is 6.58 Å². The molecule has 3 atom stereocenters. The van der Waals surface area contributed by atoms with Gasteiger partial charge in [-0.25, -0.2) is 0 Å². The minimum absolute atomic E-state index is 0.174. The molecule has 3 N–H and O–H groups in total. The molecule has 0 heterocycles. The molecule has 0 fully saturated rings. The molecular weight excluding hydrogens is 132 g/mol. The highest BCUT2D eigenvalue weighted by Crippen LogP contribution is 2.02. The third kappa shape index (κ3) is 3.61. The van der Waals surface area contributed by atoms with Crippen molar-refractivity contribution in [3.63, 3.8) is 0 Å². The van der Waals surface area contributed by atoms with Crippen molar-refractivity contribution in [2.75, 3.05) is 0 Å². The standard InChI is InChI=1S/C7H14O3/c1-3-6(9)7(10)4-5(2)8/h3,5-10H,1,4H2,2H3/t5-,6-,7+/m1/s1. The minimum atomic E-state index is -0.936. The third-order valence-corrected chi connectivity index (χ3v) is 1.22. The molecule has 0 unspecified atom stereocenters. The van der Waals surface area contributed by atoms with Crippen LogP contribution in [0, 0.1) is 0 Å². The molecule has 0 bridgehead atoms. The van der Waals surface area contributed by atoms with E-state index in [-0.39, 0.29) is 6.42 Å². The van der Waals surface area contributed by atoms with E-state index >= 15 is 0 Å². The summed E-state index contributed by atoms with van der Waals surface area (Å²) in [4.78, 5) is 0. The molecule has 0 aromatic rings. The van der Waals surface area contributed by atoms with E-state index in [0.29, 0.717) is 0 Å². The molecule has 0 aliphatic heterocycles. The van der Waals surface area contributed by atoms with Gasteiger partial charge in [0.25, 0.3) is 0 Å². The number of rotatable bonds is 4. The lowest BCUT2D eigenvalue weighted by Gasteiger charge is -2.15. The van der Waals surface area contributed by atoms with Gasteiger partial charge in [0.2, 0.25) is 0 Å². The summed E-state index contributed by atoms with van der Waals surface area (Å²) in [6.07, 6.45) is -1.02. The van der Waals surface area contributed by atoms with E-state index in [9.17, 15) is 0 Å². The predicted molar refractivity (Wildman–Crippen MR) is 38.5 cm³/mol. The Hall–Kier alpha value is -0.380. The lowest BCUT2D eigenvalue weighted by Crippen LogP contribution is -2.27.